The lowest BCUT2D eigenvalue weighted by molar-refractivity contribution is 0.655. The number of hydrogen-bond donors (Lipinski definition) is 3. The number of hydrogen-bond acceptors (Lipinski definition) is 6. The largest absolute Gasteiger partial charge is 0.360 e. The summed E-state index contributed by atoms with van der Waals surface area (Å²) in [5.41, 5.74) is 2.20. The van der Waals surface area contributed by atoms with Gasteiger partial charge in [0.25, 0.3) is 5.56 Å². The summed E-state index contributed by atoms with van der Waals surface area (Å²) in [6, 6.07) is 3.74. The molecule has 0 amide bonds. The Hall–Kier alpha value is -2.96. The van der Waals surface area contributed by atoms with Gasteiger partial charge in [-0.05, 0) is 25.3 Å². The fourth-order valence-electron chi connectivity index (χ4n) is 3.21. The quantitative estimate of drug-likeness (QED) is 0.621. The van der Waals surface area contributed by atoms with Crippen LogP contribution < -0.4 is 16.2 Å². The van der Waals surface area contributed by atoms with Crippen molar-refractivity contribution in [1.29, 1.82) is 5.41 Å². The van der Waals surface area contributed by atoms with Crippen LogP contribution in [0.4, 0.5) is 11.6 Å². The van der Waals surface area contributed by atoms with E-state index in [9.17, 15) is 4.79 Å². The van der Waals surface area contributed by atoms with Crippen LogP contribution in [0.2, 0.25) is 0 Å². The Kier molecular flexibility index (Phi) is 6.35. The highest BCUT2D eigenvalue weighted by Crippen LogP contribution is 2.21. The summed E-state index contributed by atoms with van der Waals surface area (Å²) in [5, 5.41) is 14.2. The number of nitrogens with one attached hydrogen (secondary N) is 3. The summed E-state index contributed by atoms with van der Waals surface area (Å²) >= 11 is 0. The van der Waals surface area contributed by atoms with E-state index >= 15 is 0 Å². The van der Waals surface area contributed by atoms with Gasteiger partial charge in [-0.15, -0.1) is 0 Å². The molecule has 0 saturated heterocycles. The maximum Gasteiger partial charge on any atom is 0.250 e. The molecule has 2 heterocycles. The molecule has 0 aliphatic heterocycles. The van der Waals surface area contributed by atoms with Crippen molar-refractivity contribution >= 4 is 23.4 Å². The first-order valence-corrected chi connectivity index (χ1v) is 9.46. The second-order valence-corrected chi connectivity index (χ2v) is 6.76. The van der Waals surface area contributed by atoms with E-state index < -0.39 is 0 Å². The second kappa shape index (κ2) is 9.12. The van der Waals surface area contributed by atoms with Gasteiger partial charge in [-0.1, -0.05) is 19.8 Å². The molecule has 0 bridgehead atoms. The molecule has 0 radical (unpaired) electrons. The zero-order valence-corrected chi connectivity index (χ0v) is 15.6. The van der Waals surface area contributed by atoms with Crippen molar-refractivity contribution in [1.82, 2.24) is 14.5 Å². The van der Waals surface area contributed by atoms with E-state index in [1.165, 1.54) is 31.9 Å². The summed E-state index contributed by atoms with van der Waals surface area (Å²) in [6.07, 6.45) is 14.0. The van der Waals surface area contributed by atoms with Gasteiger partial charge in [-0.2, -0.15) is 0 Å². The normalized spacial score (nSPS) is 14.9. The van der Waals surface area contributed by atoms with Crippen molar-refractivity contribution in [3.05, 3.63) is 52.8 Å². The molecular weight excluding hydrogens is 340 g/mol. The summed E-state index contributed by atoms with van der Waals surface area (Å²) in [5.74, 6) is 0.634. The van der Waals surface area contributed by atoms with Crippen LogP contribution in [0, 0.1) is 5.41 Å². The van der Waals surface area contributed by atoms with Gasteiger partial charge in [0.2, 0.25) is 5.95 Å². The molecule has 2 aromatic heterocycles. The molecule has 1 saturated carbocycles. The minimum Gasteiger partial charge on any atom is -0.360 e. The number of allylic oxidation sites excluding steroid dienone is 1. The standard InChI is InChI=1S/C20H26N6O/c1-2-9-26-14-18(7-8-19(26)27)22-11-15(10-21)16-12-23-20(24-13-16)25-17-5-3-4-6-17/h7-8,10-14,17,21-22H,2-6,9H2,1H3,(H,23,24,25)/b15-11+,21-10?. The SMILES string of the molecule is CCCn1cc(N/C=C(\C=N)c2cnc(NC3CCCC3)nc2)ccc1=O. The van der Waals surface area contributed by atoms with E-state index in [-0.39, 0.29) is 5.56 Å². The highest BCUT2D eigenvalue weighted by molar-refractivity contribution is 6.08. The van der Waals surface area contributed by atoms with Crippen LogP contribution in [0.3, 0.4) is 0 Å². The van der Waals surface area contributed by atoms with Crippen molar-refractivity contribution in [2.75, 3.05) is 10.6 Å². The molecule has 1 aliphatic carbocycles. The van der Waals surface area contributed by atoms with Crippen molar-refractivity contribution in [2.24, 2.45) is 0 Å². The van der Waals surface area contributed by atoms with Crippen LogP contribution in [-0.2, 0) is 6.54 Å². The lowest BCUT2D eigenvalue weighted by Crippen LogP contribution is -2.18. The van der Waals surface area contributed by atoms with E-state index in [4.69, 9.17) is 5.41 Å². The smallest absolute Gasteiger partial charge is 0.250 e. The monoisotopic (exact) mass is 366 g/mol. The topological polar surface area (TPSA) is 95.7 Å². The molecule has 2 aromatic rings. The van der Waals surface area contributed by atoms with Crippen molar-refractivity contribution in [2.45, 2.75) is 51.6 Å². The third-order valence-corrected chi connectivity index (χ3v) is 4.67. The first-order valence-electron chi connectivity index (χ1n) is 9.46. The average molecular weight is 366 g/mol. The molecule has 142 valence electrons. The predicted molar refractivity (Wildman–Crippen MR) is 109 cm³/mol. The number of nitrogens with zero attached hydrogens (tertiary/aromatic N) is 3. The second-order valence-electron chi connectivity index (χ2n) is 6.76. The molecule has 0 aromatic carbocycles. The van der Waals surface area contributed by atoms with Crippen LogP contribution in [0.15, 0.2) is 41.7 Å². The van der Waals surface area contributed by atoms with Crippen LogP contribution in [0.5, 0.6) is 0 Å². The molecule has 3 N–H and O–H groups in total. The molecule has 27 heavy (non-hydrogen) atoms. The molecule has 3 rings (SSSR count). The van der Waals surface area contributed by atoms with E-state index in [1.54, 1.807) is 41.5 Å². The Morgan fingerprint density at radius 1 is 1.30 bits per heavy atom. The van der Waals surface area contributed by atoms with E-state index in [0.29, 0.717) is 24.1 Å². The van der Waals surface area contributed by atoms with E-state index in [2.05, 4.69) is 20.6 Å². The van der Waals surface area contributed by atoms with Gasteiger partial charge in [0.1, 0.15) is 0 Å². The van der Waals surface area contributed by atoms with Crippen molar-refractivity contribution < 1.29 is 0 Å². The molecule has 0 spiro atoms. The maximum atomic E-state index is 11.8. The highest BCUT2D eigenvalue weighted by atomic mass is 16.1. The first-order chi connectivity index (χ1) is 13.2. The molecule has 7 nitrogen and oxygen atoms in total. The van der Waals surface area contributed by atoms with Gasteiger partial charge in [-0.25, -0.2) is 9.97 Å². The van der Waals surface area contributed by atoms with Gasteiger partial charge < -0.3 is 20.6 Å². The lowest BCUT2D eigenvalue weighted by atomic mass is 10.1. The van der Waals surface area contributed by atoms with Gasteiger partial charge >= 0.3 is 0 Å². The number of rotatable bonds is 8. The Morgan fingerprint density at radius 3 is 2.70 bits per heavy atom. The van der Waals surface area contributed by atoms with E-state index in [0.717, 1.165) is 17.7 Å². The minimum absolute atomic E-state index is 0.0163. The molecule has 1 fully saturated rings. The Morgan fingerprint density at radius 2 is 2.04 bits per heavy atom. The van der Waals surface area contributed by atoms with Gasteiger partial charge in [-0.3, -0.25) is 4.79 Å². The van der Waals surface area contributed by atoms with Crippen molar-refractivity contribution in [3.63, 3.8) is 0 Å². The fourth-order valence-corrected chi connectivity index (χ4v) is 3.21. The summed E-state index contributed by atoms with van der Waals surface area (Å²) in [7, 11) is 0. The molecular formula is C20H26N6O. The zero-order chi connectivity index (χ0) is 19.1. The summed E-state index contributed by atoms with van der Waals surface area (Å²) in [4.78, 5) is 20.5. The van der Waals surface area contributed by atoms with Crippen LogP contribution in [0.25, 0.3) is 5.57 Å². The van der Waals surface area contributed by atoms with Crippen LogP contribution >= 0.6 is 0 Å². The summed E-state index contributed by atoms with van der Waals surface area (Å²) < 4.78 is 1.67. The highest BCUT2D eigenvalue weighted by Gasteiger charge is 2.15. The molecule has 1 aliphatic rings. The zero-order valence-electron chi connectivity index (χ0n) is 15.6. The average Bonchev–Trinajstić information content (AvgIpc) is 3.19. The first kappa shape index (κ1) is 18.8. The minimum atomic E-state index is -0.0163. The molecule has 0 unspecified atom stereocenters. The number of aryl methyl sites for hydroxylation is 1. The maximum absolute atomic E-state index is 11.8. The number of anilines is 2. The van der Waals surface area contributed by atoms with Crippen LogP contribution in [-0.4, -0.2) is 26.8 Å². The predicted octanol–water partition coefficient (Wildman–Crippen LogP) is 3.51. The van der Waals surface area contributed by atoms with Gasteiger partial charge in [0.15, 0.2) is 0 Å². The van der Waals surface area contributed by atoms with Crippen molar-refractivity contribution in [3.8, 4) is 0 Å². The third-order valence-electron chi connectivity index (χ3n) is 4.67. The molecule has 0 atom stereocenters. The Labute approximate surface area is 159 Å². The Bertz CT molecular complexity index is 850. The lowest BCUT2D eigenvalue weighted by Gasteiger charge is -2.12. The summed E-state index contributed by atoms with van der Waals surface area (Å²) in [6.45, 7) is 2.71. The third kappa shape index (κ3) is 5.03. The Balaban J connectivity index is 1.69. The van der Waals surface area contributed by atoms with E-state index in [1.807, 2.05) is 6.92 Å². The number of aromatic nitrogens is 3. The van der Waals surface area contributed by atoms with Gasteiger partial charge in [0.05, 0.1) is 5.69 Å². The van der Waals surface area contributed by atoms with Crippen LogP contribution in [0.1, 0.15) is 44.6 Å². The fraction of sp³-hybridized carbons (Fsp3) is 0.400. The van der Waals surface area contributed by atoms with Gasteiger partial charge in [0, 0.05) is 60.8 Å². The molecule has 7 heteroatoms. The number of pyridine rings is 1.